The van der Waals surface area contributed by atoms with Crippen LogP contribution in [0.25, 0.3) is 0 Å². The molecular weight excluding hydrogens is 196 g/mol. The molecule has 1 nitrogen and oxygen atoms in total. The summed E-state index contributed by atoms with van der Waals surface area (Å²) in [6.07, 6.45) is 1.34. The van der Waals surface area contributed by atoms with Crippen LogP contribution in [0.1, 0.15) is 13.3 Å². The molecule has 0 fully saturated rings. The molecule has 0 aromatic heterocycles. The summed E-state index contributed by atoms with van der Waals surface area (Å²) >= 11 is 1.86. The second-order valence-electron chi connectivity index (χ2n) is 2.88. The molecule has 1 aromatic carbocycles. The number of hydrogen-bond donors (Lipinski definition) is 0. The first-order valence-electron chi connectivity index (χ1n) is 4.33. The third-order valence-corrected chi connectivity index (χ3v) is 3.19. The van der Waals surface area contributed by atoms with E-state index < -0.39 is 0 Å². The number of rotatable bonds is 5. The van der Waals surface area contributed by atoms with Gasteiger partial charge in [-0.15, -0.1) is 11.8 Å². The molecule has 1 rings (SSSR count). The summed E-state index contributed by atoms with van der Waals surface area (Å²) in [7, 11) is 3.04. The SMILES string of the molecule is C[C@H](CCSc1ccccc1)O[Si]. The standard InChI is InChI=1S/C10H13OSSi/c1-9(11-13)7-8-12-10-5-3-2-4-6-10/h2-6,9H,7-8H2,1H3/t9-/m1/s1. The van der Waals surface area contributed by atoms with Crippen LogP contribution >= 0.6 is 11.8 Å². The van der Waals surface area contributed by atoms with E-state index >= 15 is 0 Å². The first-order chi connectivity index (χ1) is 6.33. The fourth-order valence-electron chi connectivity index (χ4n) is 0.918. The van der Waals surface area contributed by atoms with Crippen molar-refractivity contribution in [1.82, 2.24) is 0 Å². The van der Waals surface area contributed by atoms with E-state index in [2.05, 4.69) is 41.7 Å². The predicted octanol–water partition coefficient (Wildman–Crippen LogP) is 2.66. The first-order valence-corrected chi connectivity index (χ1v) is 5.72. The average Bonchev–Trinajstić information content (AvgIpc) is 2.19. The number of thioether (sulfide) groups is 1. The van der Waals surface area contributed by atoms with E-state index in [0.717, 1.165) is 12.2 Å². The van der Waals surface area contributed by atoms with E-state index in [1.54, 1.807) is 0 Å². The zero-order chi connectivity index (χ0) is 9.52. The van der Waals surface area contributed by atoms with Crippen LogP contribution in [0.5, 0.6) is 0 Å². The fourth-order valence-corrected chi connectivity index (χ4v) is 2.07. The molecule has 3 radical (unpaired) electrons. The van der Waals surface area contributed by atoms with Gasteiger partial charge in [0.05, 0.1) is 0 Å². The van der Waals surface area contributed by atoms with Crippen molar-refractivity contribution in [3.8, 4) is 0 Å². The molecule has 0 saturated heterocycles. The minimum absolute atomic E-state index is 0.285. The van der Waals surface area contributed by atoms with E-state index in [0.29, 0.717) is 0 Å². The fraction of sp³-hybridized carbons (Fsp3) is 0.400. The lowest BCUT2D eigenvalue weighted by atomic mass is 10.3. The molecule has 0 unspecified atom stereocenters. The van der Waals surface area contributed by atoms with Gasteiger partial charge in [0.25, 0.3) is 0 Å². The molecule has 0 spiro atoms. The second-order valence-corrected chi connectivity index (χ2v) is 4.28. The van der Waals surface area contributed by atoms with Crippen LogP contribution < -0.4 is 0 Å². The van der Waals surface area contributed by atoms with Crippen LogP contribution in [-0.2, 0) is 4.43 Å². The first kappa shape index (κ1) is 10.8. The summed E-state index contributed by atoms with van der Waals surface area (Å²) in [6, 6.07) is 10.4. The summed E-state index contributed by atoms with van der Waals surface area (Å²) in [6.45, 7) is 2.05. The molecule has 13 heavy (non-hydrogen) atoms. The van der Waals surface area contributed by atoms with Gasteiger partial charge in [0, 0.05) is 16.8 Å². The molecule has 3 heteroatoms. The van der Waals surface area contributed by atoms with Gasteiger partial charge in [-0.3, -0.25) is 0 Å². The highest BCUT2D eigenvalue weighted by Gasteiger charge is 1.99. The zero-order valence-corrected chi connectivity index (χ0v) is 9.51. The minimum Gasteiger partial charge on any atom is -0.416 e. The van der Waals surface area contributed by atoms with E-state index in [4.69, 9.17) is 4.43 Å². The summed E-state index contributed by atoms with van der Waals surface area (Å²) < 4.78 is 4.98. The van der Waals surface area contributed by atoms with Gasteiger partial charge in [-0.1, -0.05) is 18.2 Å². The second kappa shape index (κ2) is 6.24. The Balaban J connectivity index is 2.20. The van der Waals surface area contributed by atoms with Crippen LogP contribution in [0.15, 0.2) is 35.2 Å². The summed E-state index contributed by atoms with van der Waals surface area (Å²) in [5.74, 6) is 1.09. The quantitative estimate of drug-likeness (QED) is 0.544. The van der Waals surface area contributed by atoms with Crippen LogP contribution in [-0.4, -0.2) is 22.3 Å². The Kier molecular flexibility index (Phi) is 5.19. The third-order valence-electron chi connectivity index (χ3n) is 1.74. The Bertz CT molecular complexity index is 228. The van der Waals surface area contributed by atoms with E-state index in [-0.39, 0.29) is 6.10 Å². The van der Waals surface area contributed by atoms with E-state index in [1.807, 2.05) is 17.8 Å². The van der Waals surface area contributed by atoms with Gasteiger partial charge >= 0.3 is 0 Å². The highest BCUT2D eigenvalue weighted by Crippen LogP contribution is 2.18. The molecular formula is C10H13OSSi. The van der Waals surface area contributed by atoms with Gasteiger partial charge in [0.1, 0.15) is 0 Å². The summed E-state index contributed by atoms with van der Waals surface area (Å²) in [4.78, 5) is 1.32. The molecule has 0 N–H and O–H groups in total. The van der Waals surface area contributed by atoms with Crippen molar-refractivity contribution in [1.29, 1.82) is 0 Å². The molecule has 0 heterocycles. The largest absolute Gasteiger partial charge is 0.416 e. The molecule has 0 bridgehead atoms. The summed E-state index contributed by atoms with van der Waals surface area (Å²) in [5.41, 5.74) is 0. The Labute approximate surface area is 87.4 Å². The van der Waals surface area contributed by atoms with Crippen molar-refractivity contribution in [2.45, 2.75) is 24.3 Å². The lowest BCUT2D eigenvalue weighted by Gasteiger charge is -2.08. The van der Waals surface area contributed by atoms with Crippen LogP contribution in [0.4, 0.5) is 0 Å². The summed E-state index contributed by atoms with van der Waals surface area (Å²) in [5, 5.41) is 0. The van der Waals surface area contributed by atoms with Crippen molar-refractivity contribution in [3.05, 3.63) is 30.3 Å². The van der Waals surface area contributed by atoms with Crippen molar-refractivity contribution < 1.29 is 4.43 Å². The number of hydrogen-bond acceptors (Lipinski definition) is 2. The van der Waals surface area contributed by atoms with Gasteiger partial charge in [-0.05, 0) is 25.5 Å². The Morgan fingerprint density at radius 2 is 2.08 bits per heavy atom. The lowest BCUT2D eigenvalue weighted by Crippen LogP contribution is -2.06. The smallest absolute Gasteiger partial charge is 0.246 e. The van der Waals surface area contributed by atoms with Crippen molar-refractivity contribution in [3.63, 3.8) is 0 Å². The third kappa shape index (κ3) is 4.50. The molecule has 1 aromatic rings. The molecule has 69 valence electrons. The van der Waals surface area contributed by atoms with Crippen LogP contribution in [0.3, 0.4) is 0 Å². The molecule has 1 atom stereocenters. The molecule has 0 amide bonds. The van der Waals surface area contributed by atoms with Crippen molar-refractivity contribution >= 4 is 22.2 Å². The topological polar surface area (TPSA) is 9.23 Å². The Hall–Kier alpha value is -0.253. The molecule has 0 aliphatic heterocycles. The van der Waals surface area contributed by atoms with Gasteiger partial charge in [0.2, 0.25) is 10.5 Å². The average molecular weight is 209 g/mol. The van der Waals surface area contributed by atoms with Gasteiger partial charge in [-0.2, -0.15) is 0 Å². The van der Waals surface area contributed by atoms with Crippen molar-refractivity contribution in [2.24, 2.45) is 0 Å². The molecule has 0 aliphatic carbocycles. The van der Waals surface area contributed by atoms with Gasteiger partial charge < -0.3 is 4.43 Å². The highest BCUT2D eigenvalue weighted by atomic mass is 32.2. The van der Waals surface area contributed by atoms with Gasteiger partial charge in [-0.25, -0.2) is 0 Å². The van der Waals surface area contributed by atoms with Crippen LogP contribution in [0, 0.1) is 0 Å². The van der Waals surface area contributed by atoms with Crippen molar-refractivity contribution in [2.75, 3.05) is 5.75 Å². The normalized spacial score (nSPS) is 12.8. The lowest BCUT2D eigenvalue weighted by molar-refractivity contribution is 0.241. The predicted molar refractivity (Wildman–Crippen MR) is 58.1 cm³/mol. The van der Waals surface area contributed by atoms with E-state index in [1.165, 1.54) is 4.90 Å². The minimum atomic E-state index is 0.285. The molecule has 0 aliphatic rings. The maximum Gasteiger partial charge on any atom is 0.246 e. The van der Waals surface area contributed by atoms with Gasteiger partial charge in [0.15, 0.2) is 0 Å². The molecule has 0 saturated carbocycles. The monoisotopic (exact) mass is 209 g/mol. The van der Waals surface area contributed by atoms with Crippen LogP contribution in [0.2, 0.25) is 0 Å². The highest BCUT2D eigenvalue weighted by molar-refractivity contribution is 7.99. The Morgan fingerprint density at radius 1 is 1.38 bits per heavy atom. The maximum absolute atomic E-state index is 4.98. The van der Waals surface area contributed by atoms with E-state index in [9.17, 15) is 0 Å². The zero-order valence-electron chi connectivity index (χ0n) is 7.69. The Morgan fingerprint density at radius 3 is 2.69 bits per heavy atom. The maximum atomic E-state index is 4.98. The number of benzene rings is 1.